The van der Waals surface area contributed by atoms with E-state index in [1.54, 1.807) is 30.5 Å². The maximum Gasteiger partial charge on any atom is 0.277 e. The van der Waals surface area contributed by atoms with Crippen LogP contribution in [-0.4, -0.2) is 23.3 Å². The number of hydrogen-bond donors (Lipinski definition) is 1. The minimum Gasteiger partial charge on any atom is -0.482 e. The molecule has 0 bridgehead atoms. The molecule has 1 amide bonds. The SMILES string of the molecule is Cn1c(-c2ccccc2)c(/C=N/NC(=O)COc2ccccc2C#N)c2ccccc21. The number of ether oxygens (including phenoxy) is 1. The molecule has 0 radical (unpaired) electrons. The van der Waals surface area contributed by atoms with Gasteiger partial charge in [0.2, 0.25) is 0 Å². The molecule has 0 fully saturated rings. The summed E-state index contributed by atoms with van der Waals surface area (Å²) in [6.45, 7) is -0.239. The molecular formula is C25H20N4O2. The average Bonchev–Trinajstić information content (AvgIpc) is 3.10. The molecule has 0 unspecified atom stereocenters. The first-order valence-electron chi connectivity index (χ1n) is 9.75. The minimum absolute atomic E-state index is 0.239. The summed E-state index contributed by atoms with van der Waals surface area (Å²) in [6, 6.07) is 26.9. The van der Waals surface area contributed by atoms with E-state index in [1.807, 2.05) is 61.6 Å². The van der Waals surface area contributed by atoms with Crippen LogP contribution in [0.2, 0.25) is 0 Å². The summed E-state index contributed by atoms with van der Waals surface area (Å²) >= 11 is 0. The van der Waals surface area contributed by atoms with Crippen LogP contribution >= 0.6 is 0 Å². The lowest BCUT2D eigenvalue weighted by molar-refractivity contribution is -0.123. The van der Waals surface area contributed by atoms with E-state index < -0.39 is 5.91 Å². The van der Waals surface area contributed by atoms with Crippen LogP contribution in [0.25, 0.3) is 22.2 Å². The third kappa shape index (κ3) is 4.16. The number of hydrogen-bond acceptors (Lipinski definition) is 4. The van der Waals surface area contributed by atoms with E-state index in [-0.39, 0.29) is 6.61 Å². The van der Waals surface area contributed by atoms with Crippen LogP contribution in [0, 0.1) is 11.3 Å². The van der Waals surface area contributed by atoms with Crippen LogP contribution in [0.15, 0.2) is 84.0 Å². The predicted octanol–water partition coefficient (Wildman–Crippen LogP) is 4.25. The van der Waals surface area contributed by atoms with Gasteiger partial charge >= 0.3 is 0 Å². The smallest absolute Gasteiger partial charge is 0.277 e. The summed E-state index contributed by atoms with van der Waals surface area (Å²) in [5.41, 5.74) is 6.95. The molecular weight excluding hydrogens is 388 g/mol. The van der Waals surface area contributed by atoms with Gasteiger partial charge in [0.15, 0.2) is 6.61 Å². The molecule has 4 aromatic rings. The Bertz CT molecular complexity index is 1300. The molecule has 0 aliphatic rings. The summed E-state index contributed by atoms with van der Waals surface area (Å²) in [7, 11) is 2.01. The normalized spacial score (nSPS) is 10.8. The molecule has 1 heterocycles. The summed E-state index contributed by atoms with van der Waals surface area (Å²) in [4.78, 5) is 12.2. The Labute approximate surface area is 180 Å². The van der Waals surface area contributed by atoms with Crippen LogP contribution in [0.4, 0.5) is 0 Å². The van der Waals surface area contributed by atoms with Crippen molar-refractivity contribution in [2.24, 2.45) is 12.1 Å². The molecule has 0 saturated carbocycles. The number of aromatic nitrogens is 1. The molecule has 0 atom stereocenters. The van der Waals surface area contributed by atoms with E-state index >= 15 is 0 Å². The number of aryl methyl sites for hydroxylation is 1. The van der Waals surface area contributed by atoms with Crippen molar-refractivity contribution in [1.29, 1.82) is 5.26 Å². The van der Waals surface area contributed by atoms with Gasteiger partial charge in [-0.2, -0.15) is 10.4 Å². The maximum absolute atomic E-state index is 12.2. The highest BCUT2D eigenvalue weighted by Crippen LogP contribution is 2.31. The van der Waals surface area contributed by atoms with Crippen molar-refractivity contribution in [3.63, 3.8) is 0 Å². The quantitative estimate of drug-likeness (QED) is 0.383. The third-order valence-corrected chi connectivity index (χ3v) is 4.94. The number of nitriles is 1. The largest absolute Gasteiger partial charge is 0.482 e. The molecule has 4 rings (SSSR count). The molecule has 0 aliphatic heterocycles. The summed E-state index contributed by atoms with van der Waals surface area (Å²) < 4.78 is 7.57. The number of rotatable bonds is 6. The fourth-order valence-corrected chi connectivity index (χ4v) is 3.53. The number of nitrogens with one attached hydrogen (secondary N) is 1. The molecule has 31 heavy (non-hydrogen) atoms. The zero-order valence-electron chi connectivity index (χ0n) is 16.9. The van der Waals surface area contributed by atoms with Gasteiger partial charge in [-0.1, -0.05) is 60.7 Å². The van der Waals surface area contributed by atoms with Gasteiger partial charge in [-0.05, 0) is 23.8 Å². The lowest BCUT2D eigenvalue weighted by Gasteiger charge is -2.07. The van der Waals surface area contributed by atoms with Gasteiger partial charge < -0.3 is 9.30 Å². The first-order chi connectivity index (χ1) is 15.2. The maximum atomic E-state index is 12.2. The van der Waals surface area contributed by atoms with E-state index in [2.05, 4.69) is 21.2 Å². The summed E-state index contributed by atoms with van der Waals surface area (Å²) in [5, 5.41) is 14.3. The number of hydrazone groups is 1. The second-order valence-corrected chi connectivity index (χ2v) is 6.89. The van der Waals surface area contributed by atoms with Gasteiger partial charge in [0.25, 0.3) is 5.91 Å². The molecule has 0 spiro atoms. The molecule has 1 N–H and O–H groups in total. The fourth-order valence-electron chi connectivity index (χ4n) is 3.53. The summed E-state index contributed by atoms with van der Waals surface area (Å²) in [6.07, 6.45) is 1.66. The number of fused-ring (bicyclic) bond motifs is 1. The van der Waals surface area contributed by atoms with Crippen LogP contribution in [0.1, 0.15) is 11.1 Å². The van der Waals surface area contributed by atoms with Gasteiger partial charge in [0.05, 0.1) is 17.5 Å². The zero-order chi connectivity index (χ0) is 21.6. The number of benzene rings is 3. The van der Waals surface area contributed by atoms with Gasteiger partial charge in [-0.25, -0.2) is 5.43 Å². The Morgan fingerprint density at radius 3 is 2.58 bits per heavy atom. The van der Waals surface area contributed by atoms with E-state index in [0.717, 1.165) is 27.7 Å². The summed E-state index contributed by atoms with van der Waals surface area (Å²) in [5.74, 6) is -0.0463. The molecule has 6 heteroatoms. The van der Waals surface area contributed by atoms with Crippen molar-refractivity contribution in [3.8, 4) is 23.1 Å². The molecule has 0 saturated heterocycles. The van der Waals surface area contributed by atoms with Gasteiger partial charge in [0, 0.05) is 23.5 Å². The highest BCUT2D eigenvalue weighted by Gasteiger charge is 2.15. The van der Waals surface area contributed by atoms with Crippen LogP contribution in [0.5, 0.6) is 5.75 Å². The molecule has 1 aromatic heterocycles. The lowest BCUT2D eigenvalue weighted by Crippen LogP contribution is -2.24. The highest BCUT2D eigenvalue weighted by atomic mass is 16.5. The standard InChI is InChI=1S/C25H20N4O2/c1-29-22-13-7-6-12-20(22)21(25(29)18-9-3-2-4-10-18)16-27-28-24(30)17-31-23-14-8-5-11-19(23)15-26/h2-14,16H,17H2,1H3,(H,28,30)/b27-16+. The van der Waals surface area contributed by atoms with Crippen molar-refractivity contribution < 1.29 is 9.53 Å². The van der Waals surface area contributed by atoms with Crippen LogP contribution < -0.4 is 10.2 Å². The second-order valence-electron chi connectivity index (χ2n) is 6.89. The lowest BCUT2D eigenvalue weighted by atomic mass is 10.1. The molecule has 0 aliphatic carbocycles. The Balaban J connectivity index is 1.54. The van der Waals surface area contributed by atoms with Crippen molar-refractivity contribution in [2.75, 3.05) is 6.61 Å². The van der Waals surface area contributed by atoms with E-state index in [1.165, 1.54) is 0 Å². The number of nitrogens with zero attached hydrogens (tertiary/aromatic N) is 3. The Hall–Kier alpha value is -4.37. The minimum atomic E-state index is -0.412. The Morgan fingerprint density at radius 2 is 1.77 bits per heavy atom. The average molecular weight is 408 g/mol. The second kappa shape index (κ2) is 8.97. The van der Waals surface area contributed by atoms with Crippen molar-refractivity contribution in [3.05, 3.63) is 90.0 Å². The first kappa shape index (κ1) is 19.9. The van der Waals surface area contributed by atoms with Gasteiger partial charge in [-0.3, -0.25) is 4.79 Å². The Kier molecular flexibility index (Phi) is 5.77. The number of carbonyl (C=O) groups excluding carboxylic acids is 1. The van der Waals surface area contributed by atoms with Crippen molar-refractivity contribution in [1.82, 2.24) is 9.99 Å². The topological polar surface area (TPSA) is 79.4 Å². The monoisotopic (exact) mass is 408 g/mol. The fraction of sp³-hybridized carbons (Fsp3) is 0.0800. The predicted molar refractivity (Wildman–Crippen MR) is 121 cm³/mol. The van der Waals surface area contributed by atoms with Gasteiger partial charge in [0.1, 0.15) is 11.8 Å². The number of amides is 1. The zero-order valence-corrected chi connectivity index (χ0v) is 16.9. The Morgan fingerprint density at radius 1 is 1.06 bits per heavy atom. The highest BCUT2D eigenvalue weighted by molar-refractivity contribution is 6.06. The molecule has 6 nitrogen and oxygen atoms in total. The number of para-hydroxylation sites is 2. The number of carbonyl (C=O) groups is 1. The molecule has 152 valence electrons. The van der Waals surface area contributed by atoms with Gasteiger partial charge in [-0.15, -0.1) is 0 Å². The van der Waals surface area contributed by atoms with E-state index in [0.29, 0.717) is 11.3 Å². The van der Waals surface area contributed by atoms with E-state index in [9.17, 15) is 4.79 Å². The van der Waals surface area contributed by atoms with E-state index in [4.69, 9.17) is 10.00 Å². The van der Waals surface area contributed by atoms with Crippen molar-refractivity contribution >= 4 is 23.0 Å². The molecule has 3 aromatic carbocycles. The van der Waals surface area contributed by atoms with Crippen molar-refractivity contribution in [2.45, 2.75) is 0 Å². The van der Waals surface area contributed by atoms with Crippen LogP contribution in [0.3, 0.4) is 0 Å². The third-order valence-electron chi connectivity index (χ3n) is 4.94. The van der Waals surface area contributed by atoms with Crippen LogP contribution in [-0.2, 0) is 11.8 Å². The first-order valence-corrected chi connectivity index (χ1v) is 9.75.